The van der Waals surface area contributed by atoms with Crippen molar-refractivity contribution >= 4 is 32.0 Å². The highest BCUT2D eigenvalue weighted by molar-refractivity contribution is 7.90. The van der Waals surface area contributed by atoms with E-state index in [4.69, 9.17) is 0 Å². The van der Waals surface area contributed by atoms with Crippen molar-refractivity contribution in [1.82, 2.24) is 19.3 Å². The summed E-state index contributed by atoms with van der Waals surface area (Å²) < 4.78 is 28.5. The minimum absolute atomic E-state index is 0.184. The van der Waals surface area contributed by atoms with E-state index in [0.29, 0.717) is 29.2 Å². The maximum absolute atomic E-state index is 13.6. The van der Waals surface area contributed by atoms with Gasteiger partial charge >= 0.3 is 0 Å². The topological polar surface area (TPSA) is 101 Å². The lowest BCUT2D eigenvalue weighted by Crippen LogP contribution is -2.28. The van der Waals surface area contributed by atoms with Crippen LogP contribution in [0.25, 0.3) is 21.9 Å². The summed E-state index contributed by atoms with van der Waals surface area (Å²) in [5.74, 6) is 0.418. The van der Waals surface area contributed by atoms with E-state index < -0.39 is 10.0 Å². The number of hydrogen-bond acceptors (Lipinski definition) is 6. The zero-order valence-corrected chi connectivity index (χ0v) is 17.6. The lowest BCUT2D eigenvalue weighted by molar-refractivity contribution is 0.373. The molecule has 1 N–H and O–H groups in total. The zero-order chi connectivity index (χ0) is 21.4. The summed E-state index contributed by atoms with van der Waals surface area (Å²) in [5.41, 5.74) is 1.98. The van der Waals surface area contributed by atoms with Crippen LogP contribution in [0.4, 0.5) is 0 Å². The highest BCUT2D eigenvalue weighted by Crippen LogP contribution is 2.35. The summed E-state index contributed by atoms with van der Waals surface area (Å²) in [6, 6.07) is 14.2. The molecule has 4 aromatic rings. The molecule has 0 saturated carbocycles. The molecule has 1 aliphatic heterocycles. The average molecular weight is 432 g/mol. The molecule has 0 spiro atoms. The minimum atomic E-state index is -3.90. The molecule has 3 aromatic heterocycles. The van der Waals surface area contributed by atoms with Gasteiger partial charge in [0.25, 0.3) is 10.0 Å². The van der Waals surface area contributed by atoms with Gasteiger partial charge in [0, 0.05) is 17.0 Å². The molecule has 0 bridgehead atoms. The Morgan fingerprint density at radius 3 is 2.61 bits per heavy atom. The van der Waals surface area contributed by atoms with Gasteiger partial charge in [0.1, 0.15) is 11.8 Å². The maximum Gasteiger partial charge on any atom is 0.269 e. The molecule has 31 heavy (non-hydrogen) atoms. The van der Waals surface area contributed by atoms with Gasteiger partial charge in [0.15, 0.2) is 5.65 Å². The summed E-state index contributed by atoms with van der Waals surface area (Å²) in [5, 5.41) is 14.6. The van der Waals surface area contributed by atoms with Gasteiger partial charge in [-0.2, -0.15) is 5.26 Å². The van der Waals surface area contributed by atoms with Gasteiger partial charge in [-0.05, 0) is 68.1 Å². The molecule has 8 heteroatoms. The number of piperidine rings is 1. The van der Waals surface area contributed by atoms with Gasteiger partial charge in [-0.1, -0.05) is 18.2 Å². The molecule has 1 aromatic carbocycles. The summed E-state index contributed by atoms with van der Waals surface area (Å²) in [4.78, 5) is 8.96. The Balaban J connectivity index is 1.82. The van der Waals surface area contributed by atoms with Crippen LogP contribution in [-0.2, 0) is 16.4 Å². The van der Waals surface area contributed by atoms with Crippen LogP contribution in [0.5, 0.6) is 0 Å². The van der Waals surface area contributed by atoms with Crippen molar-refractivity contribution in [3.8, 4) is 6.07 Å². The van der Waals surface area contributed by atoms with E-state index in [1.165, 1.54) is 10.2 Å². The van der Waals surface area contributed by atoms with Crippen LogP contribution in [0.1, 0.15) is 24.1 Å². The highest BCUT2D eigenvalue weighted by Gasteiger charge is 2.27. The summed E-state index contributed by atoms with van der Waals surface area (Å²) in [7, 11) is -3.90. The maximum atomic E-state index is 13.6. The molecule has 0 aliphatic carbocycles. The number of nitrogens with one attached hydrogen (secondary N) is 1. The van der Waals surface area contributed by atoms with Gasteiger partial charge in [0.2, 0.25) is 0 Å². The Hall–Kier alpha value is -3.28. The number of hydrogen-bond donors (Lipinski definition) is 1. The number of aromatic nitrogens is 3. The third-order valence-electron chi connectivity index (χ3n) is 5.97. The fraction of sp³-hybridized carbons (Fsp3) is 0.261. The molecular formula is C23H21N5O2S. The number of nitrogens with zero attached hydrogens (tertiary/aromatic N) is 4. The zero-order valence-electron chi connectivity index (χ0n) is 16.8. The standard InChI is InChI=1S/C23H21N5O2S/c24-14-20-19(13-16-8-11-25-12-9-16)22-18-7-4-10-26-23(18)28(21(22)15-27-20)31(29,30)17-5-2-1-3-6-17/h1-7,10,15-16,25H,8-9,11-13H2. The molecular weight excluding hydrogens is 410 g/mol. The number of pyridine rings is 2. The van der Waals surface area contributed by atoms with Crippen LogP contribution in [0.3, 0.4) is 0 Å². The Labute approximate surface area is 180 Å². The van der Waals surface area contributed by atoms with Crippen LogP contribution >= 0.6 is 0 Å². The van der Waals surface area contributed by atoms with E-state index in [0.717, 1.165) is 42.3 Å². The van der Waals surface area contributed by atoms with Gasteiger partial charge in [-0.15, -0.1) is 0 Å². The number of fused-ring (bicyclic) bond motifs is 3. The van der Waals surface area contributed by atoms with Crippen molar-refractivity contribution in [3.63, 3.8) is 0 Å². The van der Waals surface area contributed by atoms with Gasteiger partial charge < -0.3 is 5.32 Å². The Morgan fingerprint density at radius 2 is 1.87 bits per heavy atom. The van der Waals surface area contributed by atoms with E-state index in [9.17, 15) is 13.7 Å². The largest absolute Gasteiger partial charge is 0.317 e. The van der Waals surface area contributed by atoms with E-state index >= 15 is 0 Å². The first kappa shape index (κ1) is 19.7. The monoisotopic (exact) mass is 431 g/mol. The predicted molar refractivity (Wildman–Crippen MR) is 118 cm³/mol. The van der Waals surface area contributed by atoms with E-state index in [1.54, 1.807) is 42.6 Å². The second-order valence-corrected chi connectivity index (χ2v) is 9.60. The van der Waals surface area contributed by atoms with E-state index in [-0.39, 0.29) is 4.90 Å². The van der Waals surface area contributed by atoms with Crippen molar-refractivity contribution in [3.05, 3.63) is 66.1 Å². The van der Waals surface area contributed by atoms with Crippen molar-refractivity contribution in [2.24, 2.45) is 5.92 Å². The second-order valence-electron chi connectivity index (χ2n) is 7.81. The average Bonchev–Trinajstić information content (AvgIpc) is 3.16. The molecule has 5 rings (SSSR count). The minimum Gasteiger partial charge on any atom is -0.317 e. The second kappa shape index (κ2) is 7.76. The molecule has 1 fully saturated rings. The van der Waals surface area contributed by atoms with Crippen molar-refractivity contribution in [2.75, 3.05) is 13.1 Å². The highest BCUT2D eigenvalue weighted by atomic mass is 32.2. The summed E-state index contributed by atoms with van der Waals surface area (Å²) >= 11 is 0. The van der Waals surface area contributed by atoms with Crippen LogP contribution in [-0.4, -0.2) is 35.4 Å². The molecule has 0 atom stereocenters. The van der Waals surface area contributed by atoms with Gasteiger partial charge in [-0.25, -0.2) is 22.4 Å². The quantitative estimate of drug-likeness (QED) is 0.532. The van der Waals surface area contributed by atoms with Gasteiger partial charge in [-0.3, -0.25) is 0 Å². The lowest BCUT2D eigenvalue weighted by atomic mass is 9.89. The number of rotatable bonds is 4. The van der Waals surface area contributed by atoms with Crippen molar-refractivity contribution in [1.29, 1.82) is 5.26 Å². The smallest absolute Gasteiger partial charge is 0.269 e. The third-order valence-corrected chi connectivity index (χ3v) is 7.68. The first-order chi connectivity index (χ1) is 15.1. The Kier molecular flexibility index (Phi) is 4.93. The van der Waals surface area contributed by atoms with Crippen LogP contribution in [0.15, 0.2) is 59.8 Å². The van der Waals surface area contributed by atoms with Crippen LogP contribution in [0.2, 0.25) is 0 Å². The van der Waals surface area contributed by atoms with Crippen molar-refractivity contribution < 1.29 is 8.42 Å². The van der Waals surface area contributed by atoms with Crippen LogP contribution in [0, 0.1) is 17.2 Å². The fourth-order valence-electron chi connectivity index (χ4n) is 4.47. The molecule has 0 radical (unpaired) electrons. The molecule has 0 amide bonds. The predicted octanol–water partition coefficient (Wildman–Crippen LogP) is 3.24. The first-order valence-electron chi connectivity index (χ1n) is 10.3. The van der Waals surface area contributed by atoms with Gasteiger partial charge in [0.05, 0.1) is 16.6 Å². The van der Waals surface area contributed by atoms with E-state index in [1.807, 2.05) is 6.07 Å². The number of benzene rings is 1. The van der Waals surface area contributed by atoms with Crippen LogP contribution < -0.4 is 5.32 Å². The molecule has 1 saturated heterocycles. The van der Waals surface area contributed by atoms with Crippen molar-refractivity contribution in [2.45, 2.75) is 24.2 Å². The normalized spacial score (nSPS) is 15.3. The Bertz CT molecular complexity index is 1420. The molecule has 0 unspecified atom stereocenters. The Morgan fingerprint density at radius 1 is 1.10 bits per heavy atom. The summed E-state index contributed by atoms with van der Waals surface area (Å²) in [6.45, 7) is 1.89. The molecule has 7 nitrogen and oxygen atoms in total. The fourth-order valence-corrected chi connectivity index (χ4v) is 5.96. The molecule has 1 aliphatic rings. The third kappa shape index (κ3) is 3.26. The first-order valence-corrected chi connectivity index (χ1v) is 11.7. The molecule has 156 valence electrons. The lowest BCUT2D eigenvalue weighted by Gasteiger charge is -2.23. The number of nitriles is 1. The SMILES string of the molecule is N#Cc1ncc2c(c1CC1CCNCC1)c1cccnc1n2S(=O)(=O)c1ccccc1. The van der Waals surface area contributed by atoms with E-state index in [2.05, 4.69) is 21.4 Å². The molecule has 4 heterocycles. The summed E-state index contributed by atoms with van der Waals surface area (Å²) in [6.07, 6.45) is 5.79.